The van der Waals surface area contributed by atoms with E-state index >= 15 is 0 Å². The van der Waals surface area contributed by atoms with Crippen LogP contribution in [0.5, 0.6) is 5.75 Å². The standard InChI is InChI=1S/C30H25N2O2.BrH/c33-29(23-10-9-20-5-1-2-6-21(20)15-23)18-31-19-32(28-8-4-3-7-27(28)31)26-12-11-22-16-24-13-14-34-30(24)17-25(22)26;/h1-10,15-17,19,26H,11-14,18H2;1H/q+1;/p-1. The van der Waals surface area contributed by atoms with E-state index < -0.39 is 0 Å². The number of aromatic nitrogens is 2. The van der Waals surface area contributed by atoms with Crippen LogP contribution in [0, 0.1) is 0 Å². The lowest BCUT2D eigenvalue weighted by molar-refractivity contribution is -0.658. The molecule has 5 aromatic rings. The molecule has 4 nitrogen and oxygen atoms in total. The van der Waals surface area contributed by atoms with Gasteiger partial charge >= 0.3 is 0 Å². The van der Waals surface area contributed by atoms with Gasteiger partial charge in [-0.25, -0.2) is 9.13 Å². The van der Waals surface area contributed by atoms with Gasteiger partial charge < -0.3 is 21.7 Å². The molecule has 0 fully saturated rings. The SMILES string of the molecule is O=C(C[n+]1cn(C2CCc3cc4c(cc32)OCC4)c2ccccc21)c1ccc2ccccc2c1.[Br-]. The second kappa shape index (κ2) is 8.65. The Morgan fingerprint density at radius 1 is 0.914 bits per heavy atom. The van der Waals surface area contributed by atoms with Gasteiger partial charge in [0.25, 0.3) is 0 Å². The van der Waals surface area contributed by atoms with Crippen molar-refractivity contribution in [2.45, 2.75) is 31.8 Å². The molecule has 35 heavy (non-hydrogen) atoms. The van der Waals surface area contributed by atoms with Crippen LogP contribution in [0.4, 0.5) is 0 Å². The number of nitrogens with zero attached hydrogens (tertiary/aromatic N) is 2. The van der Waals surface area contributed by atoms with E-state index in [4.69, 9.17) is 4.74 Å². The fraction of sp³-hybridized carbons (Fsp3) is 0.200. The zero-order chi connectivity index (χ0) is 22.6. The number of para-hydroxylation sites is 2. The van der Waals surface area contributed by atoms with Crippen molar-refractivity contribution in [2.75, 3.05) is 6.61 Å². The van der Waals surface area contributed by atoms with E-state index in [0.29, 0.717) is 6.54 Å². The maximum atomic E-state index is 13.3. The summed E-state index contributed by atoms with van der Waals surface area (Å²) in [6, 6.07) is 27.4. The molecule has 174 valence electrons. The number of hydrogen-bond donors (Lipinski definition) is 0. The first-order chi connectivity index (χ1) is 16.7. The van der Waals surface area contributed by atoms with E-state index in [2.05, 4.69) is 57.9 Å². The molecule has 0 spiro atoms. The van der Waals surface area contributed by atoms with Crippen molar-refractivity contribution in [3.63, 3.8) is 0 Å². The van der Waals surface area contributed by atoms with Gasteiger partial charge in [-0.3, -0.25) is 4.79 Å². The summed E-state index contributed by atoms with van der Waals surface area (Å²) in [5.74, 6) is 1.16. The molecule has 0 radical (unpaired) electrons. The van der Waals surface area contributed by atoms with E-state index in [1.54, 1.807) is 0 Å². The van der Waals surface area contributed by atoms with E-state index in [1.165, 1.54) is 16.7 Å². The van der Waals surface area contributed by atoms with Crippen LogP contribution in [0.25, 0.3) is 21.8 Å². The van der Waals surface area contributed by atoms with Crippen molar-refractivity contribution in [3.8, 4) is 5.75 Å². The van der Waals surface area contributed by atoms with Crippen LogP contribution in [0.15, 0.2) is 85.2 Å². The fourth-order valence-electron chi connectivity index (χ4n) is 5.74. The highest BCUT2D eigenvalue weighted by Gasteiger charge is 2.33. The second-order valence-corrected chi connectivity index (χ2v) is 9.44. The third-order valence-electron chi connectivity index (χ3n) is 7.45. The number of rotatable bonds is 4. The molecule has 1 unspecified atom stereocenters. The van der Waals surface area contributed by atoms with Crippen molar-refractivity contribution in [1.29, 1.82) is 0 Å². The Morgan fingerprint density at radius 2 is 1.74 bits per heavy atom. The Morgan fingerprint density at radius 3 is 2.66 bits per heavy atom. The number of imidazole rings is 1. The number of carbonyl (C=O) groups excluding carboxylic acids is 1. The number of ether oxygens (including phenoxy) is 1. The molecule has 2 aliphatic rings. The highest BCUT2D eigenvalue weighted by atomic mass is 79.9. The van der Waals surface area contributed by atoms with Crippen molar-refractivity contribution < 1.29 is 31.1 Å². The smallest absolute Gasteiger partial charge is 0.245 e. The Labute approximate surface area is 214 Å². The van der Waals surface area contributed by atoms with Crippen molar-refractivity contribution in [2.24, 2.45) is 0 Å². The predicted molar refractivity (Wildman–Crippen MR) is 133 cm³/mol. The third kappa shape index (κ3) is 3.66. The van der Waals surface area contributed by atoms with Gasteiger partial charge in [0, 0.05) is 17.5 Å². The first-order valence-electron chi connectivity index (χ1n) is 12.0. The van der Waals surface area contributed by atoms with Crippen LogP contribution in [0.3, 0.4) is 0 Å². The van der Waals surface area contributed by atoms with Gasteiger partial charge in [-0.05, 0) is 59.0 Å². The van der Waals surface area contributed by atoms with Gasteiger partial charge in [0.15, 0.2) is 17.6 Å². The molecule has 5 heteroatoms. The summed E-state index contributed by atoms with van der Waals surface area (Å²) in [7, 11) is 0. The minimum Gasteiger partial charge on any atom is -1.00 e. The summed E-state index contributed by atoms with van der Waals surface area (Å²) in [6.07, 6.45) is 5.29. The van der Waals surface area contributed by atoms with Crippen molar-refractivity contribution in [1.82, 2.24) is 4.57 Å². The summed E-state index contributed by atoms with van der Waals surface area (Å²) in [6.45, 7) is 1.10. The van der Waals surface area contributed by atoms with Crippen molar-refractivity contribution >= 4 is 27.6 Å². The molecule has 1 aliphatic carbocycles. The Kier molecular flexibility index (Phi) is 5.45. The lowest BCUT2D eigenvalue weighted by Crippen LogP contribution is -3.00. The average molecular weight is 525 g/mol. The Balaban J connectivity index is 0.00000229. The highest BCUT2D eigenvalue weighted by molar-refractivity contribution is 5.99. The van der Waals surface area contributed by atoms with Gasteiger partial charge in [-0.1, -0.05) is 54.6 Å². The Bertz CT molecular complexity index is 1600. The number of Topliss-reactive ketones (excluding diaryl/α,β-unsaturated/α-hetero) is 1. The summed E-state index contributed by atoms with van der Waals surface area (Å²) in [5, 5.41) is 2.25. The minimum absolute atomic E-state index is 0. The highest BCUT2D eigenvalue weighted by Crippen LogP contribution is 2.40. The Hall–Kier alpha value is -3.44. The summed E-state index contributed by atoms with van der Waals surface area (Å²) in [4.78, 5) is 13.3. The largest absolute Gasteiger partial charge is 1.00 e. The minimum atomic E-state index is 0. The summed E-state index contributed by atoms with van der Waals surface area (Å²) < 4.78 is 10.3. The van der Waals surface area contributed by atoms with E-state index in [-0.39, 0.29) is 28.8 Å². The number of fused-ring (bicyclic) bond motifs is 4. The van der Waals surface area contributed by atoms with E-state index in [1.807, 2.05) is 36.4 Å². The molecule has 1 atom stereocenters. The average Bonchev–Trinajstić information content (AvgIpc) is 3.59. The fourth-order valence-corrected chi connectivity index (χ4v) is 5.74. The molecule has 7 rings (SSSR count). The van der Waals surface area contributed by atoms with E-state index in [9.17, 15) is 4.79 Å². The monoisotopic (exact) mass is 524 g/mol. The molecule has 0 bridgehead atoms. The molecular formula is C30H25BrN2O2. The molecule has 4 aromatic carbocycles. The lowest BCUT2D eigenvalue weighted by atomic mass is 10.0. The molecule has 0 saturated carbocycles. The second-order valence-electron chi connectivity index (χ2n) is 9.44. The molecule has 1 aliphatic heterocycles. The number of carbonyl (C=O) groups is 1. The maximum absolute atomic E-state index is 13.3. The summed E-state index contributed by atoms with van der Waals surface area (Å²) in [5.41, 5.74) is 7.13. The van der Waals surface area contributed by atoms with Crippen LogP contribution >= 0.6 is 0 Å². The van der Waals surface area contributed by atoms with Gasteiger partial charge in [0.1, 0.15) is 11.8 Å². The molecule has 0 amide bonds. The van der Waals surface area contributed by atoms with Crippen molar-refractivity contribution in [3.05, 3.63) is 107 Å². The van der Waals surface area contributed by atoms with E-state index in [0.717, 1.165) is 59.0 Å². The quantitative estimate of drug-likeness (QED) is 0.267. The normalized spacial score (nSPS) is 16.1. The number of hydrogen-bond acceptors (Lipinski definition) is 2. The first-order valence-corrected chi connectivity index (χ1v) is 12.0. The third-order valence-corrected chi connectivity index (χ3v) is 7.45. The van der Waals surface area contributed by atoms with Crippen LogP contribution < -0.4 is 26.3 Å². The van der Waals surface area contributed by atoms with Crippen LogP contribution in [0.2, 0.25) is 0 Å². The zero-order valence-electron chi connectivity index (χ0n) is 19.3. The number of benzene rings is 4. The predicted octanol–water partition coefficient (Wildman–Crippen LogP) is 2.44. The topological polar surface area (TPSA) is 35.1 Å². The van der Waals surface area contributed by atoms with Crippen LogP contribution in [0.1, 0.15) is 39.5 Å². The lowest BCUT2D eigenvalue weighted by Gasteiger charge is -2.10. The number of halogens is 1. The number of ketones is 1. The van der Waals surface area contributed by atoms with Gasteiger partial charge in [-0.15, -0.1) is 0 Å². The molecule has 0 saturated heterocycles. The molecule has 2 heterocycles. The molecule has 0 N–H and O–H groups in total. The maximum Gasteiger partial charge on any atom is 0.245 e. The number of aryl methyl sites for hydroxylation is 1. The summed E-state index contributed by atoms with van der Waals surface area (Å²) >= 11 is 0. The first kappa shape index (κ1) is 22.1. The zero-order valence-corrected chi connectivity index (χ0v) is 20.9. The van der Waals surface area contributed by atoms with Crippen LogP contribution in [-0.2, 0) is 19.4 Å². The molecule has 1 aromatic heterocycles. The van der Waals surface area contributed by atoms with Gasteiger partial charge in [0.2, 0.25) is 12.1 Å². The van der Waals surface area contributed by atoms with Crippen LogP contribution in [-0.4, -0.2) is 17.0 Å². The van der Waals surface area contributed by atoms with Gasteiger partial charge in [0.05, 0.1) is 6.61 Å². The van der Waals surface area contributed by atoms with Gasteiger partial charge in [-0.2, -0.15) is 0 Å². The molecular weight excluding hydrogens is 500 g/mol.